The van der Waals surface area contributed by atoms with E-state index < -0.39 is 0 Å². The van der Waals surface area contributed by atoms with Crippen LogP contribution in [0.3, 0.4) is 0 Å². The Bertz CT molecular complexity index is 235. The zero-order chi connectivity index (χ0) is 12.2. The van der Waals surface area contributed by atoms with E-state index in [4.69, 9.17) is 4.74 Å². The normalized spacial score (nSPS) is 19.6. The van der Waals surface area contributed by atoms with Gasteiger partial charge in [-0.05, 0) is 20.4 Å². The van der Waals surface area contributed by atoms with Gasteiger partial charge in [0.1, 0.15) is 6.61 Å². The molecule has 0 saturated carbocycles. The van der Waals surface area contributed by atoms with Gasteiger partial charge in [-0.25, -0.2) is 0 Å². The molecule has 4 nitrogen and oxygen atoms in total. The second-order valence-corrected chi connectivity index (χ2v) is 5.06. The van der Waals surface area contributed by atoms with Crippen molar-refractivity contribution < 1.29 is 9.53 Å². The highest BCUT2D eigenvalue weighted by Gasteiger charge is 2.44. The molecule has 0 aromatic rings. The minimum atomic E-state index is -0.182. The van der Waals surface area contributed by atoms with Crippen LogP contribution >= 0.6 is 0 Å². The van der Waals surface area contributed by atoms with Crippen LogP contribution in [0.5, 0.6) is 0 Å². The van der Waals surface area contributed by atoms with Gasteiger partial charge in [-0.15, -0.1) is 0 Å². The van der Waals surface area contributed by atoms with E-state index in [1.807, 2.05) is 0 Å². The molecule has 0 bridgehead atoms. The Balaban J connectivity index is 2.42. The number of nitrogens with zero attached hydrogens (tertiary/aromatic N) is 1. The van der Waals surface area contributed by atoms with Gasteiger partial charge in [0, 0.05) is 38.0 Å². The largest absolute Gasteiger partial charge is 0.465 e. The molecule has 4 heteroatoms. The van der Waals surface area contributed by atoms with Crippen molar-refractivity contribution in [2.24, 2.45) is 5.41 Å². The number of likely N-dealkylation sites (tertiary alicyclic amines) is 1. The molecule has 0 atom stereocenters. The smallest absolute Gasteiger partial charge is 0.302 e. The van der Waals surface area contributed by atoms with E-state index in [1.54, 1.807) is 0 Å². The summed E-state index contributed by atoms with van der Waals surface area (Å²) in [7, 11) is 0. The molecule has 0 unspecified atom stereocenters. The zero-order valence-corrected chi connectivity index (χ0v) is 10.9. The van der Waals surface area contributed by atoms with Crippen LogP contribution in [0.15, 0.2) is 0 Å². The SMILES string of the molecule is CCNCC1(COC(C)=O)CN(C(C)C)C1. The molecular formula is C12H24N2O2. The number of hydrogen-bond donors (Lipinski definition) is 1. The van der Waals surface area contributed by atoms with Crippen LogP contribution in [-0.2, 0) is 9.53 Å². The molecule has 1 saturated heterocycles. The van der Waals surface area contributed by atoms with Gasteiger partial charge in [-0.1, -0.05) is 6.92 Å². The van der Waals surface area contributed by atoms with Gasteiger partial charge in [0.15, 0.2) is 0 Å². The molecule has 0 aromatic carbocycles. The number of ether oxygens (including phenoxy) is 1. The van der Waals surface area contributed by atoms with Gasteiger partial charge in [0.25, 0.3) is 0 Å². The monoisotopic (exact) mass is 228 g/mol. The highest BCUT2D eigenvalue weighted by atomic mass is 16.5. The molecule has 94 valence electrons. The van der Waals surface area contributed by atoms with Crippen LogP contribution in [0.4, 0.5) is 0 Å². The summed E-state index contributed by atoms with van der Waals surface area (Å²) in [6, 6.07) is 0.576. The predicted molar refractivity (Wildman–Crippen MR) is 64.3 cm³/mol. The van der Waals surface area contributed by atoms with Crippen molar-refractivity contribution in [1.29, 1.82) is 0 Å². The molecule has 1 heterocycles. The summed E-state index contributed by atoms with van der Waals surface area (Å²) in [4.78, 5) is 13.3. The molecule has 0 aromatic heterocycles. The first-order chi connectivity index (χ1) is 7.49. The van der Waals surface area contributed by atoms with Crippen molar-refractivity contribution in [2.75, 3.05) is 32.8 Å². The fourth-order valence-corrected chi connectivity index (χ4v) is 2.08. The summed E-state index contributed by atoms with van der Waals surface area (Å²) in [6.45, 7) is 12.4. The van der Waals surface area contributed by atoms with Crippen molar-refractivity contribution in [3.05, 3.63) is 0 Å². The van der Waals surface area contributed by atoms with Gasteiger partial charge in [0.05, 0.1) is 0 Å². The fraction of sp³-hybridized carbons (Fsp3) is 0.917. The maximum absolute atomic E-state index is 10.9. The topological polar surface area (TPSA) is 41.6 Å². The molecule has 1 N–H and O–H groups in total. The lowest BCUT2D eigenvalue weighted by atomic mass is 9.79. The van der Waals surface area contributed by atoms with Crippen LogP contribution in [-0.4, -0.2) is 49.7 Å². The third kappa shape index (κ3) is 3.46. The maximum atomic E-state index is 10.9. The van der Waals surface area contributed by atoms with Gasteiger partial charge in [-0.3, -0.25) is 9.69 Å². The Labute approximate surface area is 98.3 Å². The number of esters is 1. The average molecular weight is 228 g/mol. The highest BCUT2D eigenvalue weighted by Crippen LogP contribution is 2.31. The van der Waals surface area contributed by atoms with Crippen LogP contribution in [0.2, 0.25) is 0 Å². The highest BCUT2D eigenvalue weighted by molar-refractivity contribution is 5.65. The van der Waals surface area contributed by atoms with E-state index in [2.05, 4.69) is 31.0 Å². The Hall–Kier alpha value is -0.610. The lowest BCUT2D eigenvalue weighted by Crippen LogP contribution is -2.64. The van der Waals surface area contributed by atoms with Crippen molar-refractivity contribution in [3.8, 4) is 0 Å². The van der Waals surface area contributed by atoms with Gasteiger partial charge >= 0.3 is 5.97 Å². The van der Waals surface area contributed by atoms with Gasteiger partial charge in [0.2, 0.25) is 0 Å². The minimum absolute atomic E-state index is 0.131. The second-order valence-electron chi connectivity index (χ2n) is 5.06. The summed E-state index contributed by atoms with van der Waals surface area (Å²) in [5.74, 6) is -0.182. The first-order valence-corrected chi connectivity index (χ1v) is 6.07. The predicted octanol–water partition coefficient (Wildman–Crippen LogP) is 0.869. The summed E-state index contributed by atoms with van der Waals surface area (Å²) in [5.41, 5.74) is 0.131. The summed E-state index contributed by atoms with van der Waals surface area (Å²) in [5, 5.41) is 3.36. The van der Waals surface area contributed by atoms with Gasteiger partial charge in [-0.2, -0.15) is 0 Å². The molecule has 1 aliphatic rings. The first kappa shape index (κ1) is 13.5. The molecule has 0 spiro atoms. The Morgan fingerprint density at radius 3 is 2.56 bits per heavy atom. The standard InChI is InChI=1S/C12H24N2O2/c1-5-13-6-12(9-16-11(4)15)7-14(8-12)10(2)3/h10,13H,5-9H2,1-4H3. The van der Waals surface area contributed by atoms with E-state index in [0.29, 0.717) is 12.6 Å². The molecule has 1 fully saturated rings. The van der Waals surface area contributed by atoms with Crippen LogP contribution < -0.4 is 5.32 Å². The second kappa shape index (κ2) is 5.64. The van der Waals surface area contributed by atoms with Crippen LogP contribution in [0, 0.1) is 5.41 Å². The third-order valence-electron chi connectivity index (χ3n) is 3.14. The molecule has 1 aliphatic heterocycles. The number of rotatable bonds is 6. The minimum Gasteiger partial charge on any atom is -0.465 e. The van der Waals surface area contributed by atoms with Gasteiger partial charge < -0.3 is 10.1 Å². The fourth-order valence-electron chi connectivity index (χ4n) is 2.08. The maximum Gasteiger partial charge on any atom is 0.302 e. The van der Waals surface area contributed by atoms with E-state index in [-0.39, 0.29) is 11.4 Å². The number of hydrogen-bond acceptors (Lipinski definition) is 4. The first-order valence-electron chi connectivity index (χ1n) is 6.07. The third-order valence-corrected chi connectivity index (χ3v) is 3.14. The van der Waals surface area contributed by atoms with E-state index in [9.17, 15) is 4.79 Å². The summed E-state index contributed by atoms with van der Waals surface area (Å²) >= 11 is 0. The molecule has 0 aliphatic carbocycles. The number of carbonyl (C=O) groups excluding carboxylic acids is 1. The van der Waals surface area contributed by atoms with Crippen molar-refractivity contribution in [2.45, 2.75) is 33.7 Å². The molecule has 1 rings (SSSR count). The Morgan fingerprint density at radius 2 is 2.12 bits per heavy atom. The van der Waals surface area contributed by atoms with E-state index >= 15 is 0 Å². The Morgan fingerprint density at radius 1 is 1.50 bits per heavy atom. The van der Waals surface area contributed by atoms with Crippen molar-refractivity contribution >= 4 is 5.97 Å². The average Bonchev–Trinajstić information content (AvgIpc) is 2.14. The molecular weight excluding hydrogens is 204 g/mol. The Kier molecular flexibility index (Phi) is 4.74. The quantitative estimate of drug-likeness (QED) is 0.685. The van der Waals surface area contributed by atoms with Crippen molar-refractivity contribution in [1.82, 2.24) is 10.2 Å². The number of nitrogens with one attached hydrogen (secondary N) is 1. The summed E-state index contributed by atoms with van der Waals surface area (Å²) < 4.78 is 5.17. The number of carbonyl (C=O) groups is 1. The van der Waals surface area contributed by atoms with Crippen molar-refractivity contribution in [3.63, 3.8) is 0 Å². The molecule has 0 amide bonds. The summed E-state index contributed by atoms with van der Waals surface area (Å²) in [6.07, 6.45) is 0. The van der Waals surface area contributed by atoms with E-state index in [0.717, 1.165) is 26.2 Å². The zero-order valence-electron chi connectivity index (χ0n) is 10.9. The lowest BCUT2D eigenvalue weighted by molar-refractivity contribution is -0.150. The van der Waals surface area contributed by atoms with Crippen LogP contribution in [0.25, 0.3) is 0 Å². The van der Waals surface area contributed by atoms with Crippen LogP contribution in [0.1, 0.15) is 27.7 Å². The molecule has 16 heavy (non-hydrogen) atoms. The van der Waals surface area contributed by atoms with E-state index in [1.165, 1.54) is 6.92 Å². The lowest BCUT2D eigenvalue weighted by Gasteiger charge is -2.51. The molecule has 0 radical (unpaired) electrons.